The van der Waals surface area contributed by atoms with Crippen molar-refractivity contribution in [1.29, 1.82) is 0 Å². The van der Waals surface area contributed by atoms with Crippen molar-refractivity contribution in [1.82, 2.24) is 15.4 Å². The monoisotopic (exact) mass is 368 g/mol. The standard InChI is InChI=1S/C22H32N4O/c1-5-23-22(24-13-11-21-17(3)25-27-18(21)4)26-14-12-20(16(2)15-26)19-9-7-6-8-10-19/h6-10,16,20H,5,11-15H2,1-4H3,(H,23,24). The molecular formula is C22H32N4O. The number of nitrogens with one attached hydrogen (secondary N) is 1. The molecule has 2 atom stereocenters. The number of likely N-dealkylation sites (tertiary alicyclic amines) is 1. The Kier molecular flexibility index (Phi) is 6.54. The molecule has 0 radical (unpaired) electrons. The summed E-state index contributed by atoms with van der Waals surface area (Å²) in [5.74, 6) is 3.17. The number of aromatic nitrogens is 1. The van der Waals surface area contributed by atoms with Gasteiger partial charge in [0.25, 0.3) is 0 Å². The highest BCUT2D eigenvalue weighted by molar-refractivity contribution is 5.80. The minimum atomic E-state index is 0.604. The van der Waals surface area contributed by atoms with Crippen LogP contribution in [0.3, 0.4) is 0 Å². The Bertz CT molecular complexity index is 733. The Morgan fingerprint density at radius 1 is 1.30 bits per heavy atom. The van der Waals surface area contributed by atoms with Crippen molar-refractivity contribution in [2.75, 3.05) is 26.2 Å². The first-order valence-electron chi connectivity index (χ1n) is 10.1. The fourth-order valence-corrected chi connectivity index (χ4v) is 4.09. The molecule has 1 aromatic carbocycles. The highest BCUT2D eigenvalue weighted by atomic mass is 16.5. The molecule has 2 aromatic rings. The summed E-state index contributed by atoms with van der Waals surface area (Å²) in [7, 11) is 0. The minimum Gasteiger partial charge on any atom is -0.361 e. The van der Waals surface area contributed by atoms with Crippen LogP contribution in [0.25, 0.3) is 0 Å². The summed E-state index contributed by atoms with van der Waals surface area (Å²) in [5.41, 5.74) is 3.63. The number of guanidine groups is 1. The van der Waals surface area contributed by atoms with Gasteiger partial charge in [0.1, 0.15) is 5.76 Å². The van der Waals surface area contributed by atoms with E-state index >= 15 is 0 Å². The van der Waals surface area contributed by atoms with Crippen LogP contribution < -0.4 is 5.32 Å². The number of benzene rings is 1. The highest BCUT2D eigenvalue weighted by Crippen LogP contribution is 2.32. The zero-order valence-corrected chi connectivity index (χ0v) is 17.0. The van der Waals surface area contributed by atoms with Gasteiger partial charge in [-0.25, -0.2) is 0 Å². The van der Waals surface area contributed by atoms with E-state index in [9.17, 15) is 0 Å². The number of hydrogen-bond donors (Lipinski definition) is 1. The van der Waals surface area contributed by atoms with Crippen molar-refractivity contribution >= 4 is 5.96 Å². The average Bonchev–Trinajstić information content (AvgIpc) is 3.00. The molecule has 27 heavy (non-hydrogen) atoms. The van der Waals surface area contributed by atoms with Gasteiger partial charge in [-0.3, -0.25) is 4.99 Å². The Morgan fingerprint density at radius 3 is 2.70 bits per heavy atom. The van der Waals surface area contributed by atoms with Crippen LogP contribution in [-0.4, -0.2) is 42.2 Å². The maximum Gasteiger partial charge on any atom is 0.193 e. The molecule has 0 spiro atoms. The largest absolute Gasteiger partial charge is 0.361 e. The third-order valence-electron chi connectivity index (χ3n) is 5.57. The molecule has 5 heteroatoms. The smallest absolute Gasteiger partial charge is 0.193 e. The van der Waals surface area contributed by atoms with Crippen LogP contribution in [0.4, 0.5) is 0 Å². The van der Waals surface area contributed by atoms with Crippen molar-refractivity contribution in [3.63, 3.8) is 0 Å². The molecule has 3 rings (SSSR count). The molecule has 0 bridgehead atoms. The van der Waals surface area contributed by atoms with Crippen LogP contribution >= 0.6 is 0 Å². The quantitative estimate of drug-likeness (QED) is 0.642. The SMILES string of the molecule is CCNC(=NCCc1c(C)noc1C)N1CCC(c2ccccc2)C(C)C1. The van der Waals surface area contributed by atoms with Crippen molar-refractivity contribution in [2.45, 2.75) is 46.5 Å². The Balaban J connectivity index is 1.63. The summed E-state index contributed by atoms with van der Waals surface area (Å²) in [5, 5.41) is 7.51. The summed E-state index contributed by atoms with van der Waals surface area (Å²) >= 11 is 0. The number of piperidine rings is 1. The lowest BCUT2D eigenvalue weighted by molar-refractivity contribution is 0.234. The fraction of sp³-hybridized carbons (Fsp3) is 0.545. The van der Waals surface area contributed by atoms with Crippen molar-refractivity contribution in [2.24, 2.45) is 10.9 Å². The van der Waals surface area contributed by atoms with E-state index in [0.29, 0.717) is 11.8 Å². The molecule has 1 aromatic heterocycles. The lowest BCUT2D eigenvalue weighted by Crippen LogP contribution is -2.48. The van der Waals surface area contributed by atoms with Gasteiger partial charge in [-0.1, -0.05) is 42.4 Å². The zero-order valence-electron chi connectivity index (χ0n) is 17.0. The number of rotatable bonds is 5. The van der Waals surface area contributed by atoms with Gasteiger partial charge in [-0.2, -0.15) is 0 Å². The van der Waals surface area contributed by atoms with E-state index in [4.69, 9.17) is 9.52 Å². The number of hydrogen-bond acceptors (Lipinski definition) is 3. The highest BCUT2D eigenvalue weighted by Gasteiger charge is 2.28. The first kappa shape index (κ1) is 19.5. The van der Waals surface area contributed by atoms with Gasteiger partial charge in [-0.15, -0.1) is 0 Å². The number of nitrogens with zero attached hydrogens (tertiary/aromatic N) is 3. The molecular weight excluding hydrogens is 336 g/mol. The molecule has 146 valence electrons. The van der Waals surface area contributed by atoms with E-state index in [1.807, 2.05) is 13.8 Å². The maximum absolute atomic E-state index is 5.26. The lowest BCUT2D eigenvalue weighted by Gasteiger charge is -2.39. The van der Waals surface area contributed by atoms with Gasteiger partial charge in [-0.05, 0) is 51.0 Å². The third kappa shape index (κ3) is 4.71. The van der Waals surface area contributed by atoms with Crippen molar-refractivity contribution < 1.29 is 4.52 Å². The molecule has 5 nitrogen and oxygen atoms in total. The van der Waals surface area contributed by atoms with Crippen LogP contribution in [-0.2, 0) is 6.42 Å². The van der Waals surface area contributed by atoms with E-state index in [2.05, 4.69) is 59.6 Å². The Labute approximate surface area is 162 Å². The normalized spacial score (nSPS) is 20.7. The van der Waals surface area contributed by atoms with Crippen LogP contribution in [0, 0.1) is 19.8 Å². The molecule has 2 heterocycles. The molecule has 1 aliphatic rings. The van der Waals surface area contributed by atoms with E-state index in [1.165, 1.54) is 17.5 Å². The van der Waals surface area contributed by atoms with Gasteiger partial charge in [0.15, 0.2) is 5.96 Å². The van der Waals surface area contributed by atoms with Crippen molar-refractivity contribution in [3.05, 3.63) is 52.9 Å². The molecule has 0 aliphatic carbocycles. The van der Waals surface area contributed by atoms with Crippen LogP contribution in [0.1, 0.15) is 48.8 Å². The Morgan fingerprint density at radius 2 is 2.07 bits per heavy atom. The van der Waals surface area contributed by atoms with Crippen LogP contribution in [0.5, 0.6) is 0 Å². The number of aliphatic imine (C=N–C) groups is 1. The van der Waals surface area contributed by atoms with Gasteiger partial charge >= 0.3 is 0 Å². The van der Waals surface area contributed by atoms with E-state index < -0.39 is 0 Å². The summed E-state index contributed by atoms with van der Waals surface area (Å²) in [4.78, 5) is 7.31. The van der Waals surface area contributed by atoms with Crippen molar-refractivity contribution in [3.8, 4) is 0 Å². The van der Waals surface area contributed by atoms with E-state index in [-0.39, 0.29) is 0 Å². The molecule has 0 saturated carbocycles. The second-order valence-corrected chi connectivity index (χ2v) is 7.52. The predicted molar refractivity (Wildman–Crippen MR) is 110 cm³/mol. The fourth-order valence-electron chi connectivity index (χ4n) is 4.09. The van der Waals surface area contributed by atoms with Gasteiger partial charge in [0.05, 0.1) is 5.69 Å². The third-order valence-corrected chi connectivity index (χ3v) is 5.57. The number of aryl methyl sites for hydroxylation is 2. The van der Waals surface area contributed by atoms with Gasteiger partial charge in [0.2, 0.25) is 0 Å². The maximum atomic E-state index is 5.26. The molecule has 1 N–H and O–H groups in total. The summed E-state index contributed by atoms with van der Waals surface area (Å²) in [6, 6.07) is 10.9. The molecule has 2 unspecified atom stereocenters. The van der Waals surface area contributed by atoms with Crippen LogP contribution in [0.2, 0.25) is 0 Å². The molecule has 1 fully saturated rings. The second-order valence-electron chi connectivity index (χ2n) is 7.52. The molecule has 0 amide bonds. The summed E-state index contributed by atoms with van der Waals surface area (Å²) in [6.45, 7) is 12.2. The first-order chi connectivity index (χ1) is 13.1. The van der Waals surface area contributed by atoms with Crippen LogP contribution in [0.15, 0.2) is 39.8 Å². The van der Waals surface area contributed by atoms with E-state index in [0.717, 1.165) is 50.0 Å². The summed E-state index contributed by atoms with van der Waals surface area (Å²) < 4.78 is 5.26. The Hall–Kier alpha value is -2.30. The lowest BCUT2D eigenvalue weighted by atomic mass is 9.82. The summed E-state index contributed by atoms with van der Waals surface area (Å²) in [6.07, 6.45) is 2.03. The molecule has 1 saturated heterocycles. The molecule has 1 aliphatic heterocycles. The second kappa shape index (κ2) is 9.07. The topological polar surface area (TPSA) is 53.7 Å². The average molecular weight is 369 g/mol. The zero-order chi connectivity index (χ0) is 19.2. The first-order valence-corrected chi connectivity index (χ1v) is 10.1. The predicted octanol–water partition coefficient (Wildman–Crippen LogP) is 3.93. The van der Waals surface area contributed by atoms with Gasteiger partial charge < -0.3 is 14.7 Å². The van der Waals surface area contributed by atoms with E-state index in [1.54, 1.807) is 0 Å². The van der Waals surface area contributed by atoms with Gasteiger partial charge in [0, 0.05) is 31.7 Å². The minimum absolute atomic E-state index is 0.604.